The number of rotatable bonds is 5. The summed E-state index contributed by atoms with van der Waals surface area (Å²) < 4.78 is 13.3. The van der Waals surface area contributed by atoms with Crippen molar-refractivity contribution >= 4 is 20.2 Å². The number of aromatic hydroxyl groups is 1. The Morgan fingerprint density at radius 2 is 2.05 bits per heavy atom. The van der Waals surface area contributed by atoms with Crippen LogP contribution in [-0.4, -0.2) is 11.4 Å². The lowest BCUT2D eigenvalue weighted by Gasteiger charge is -2.30. The third-order valence-electron chi connectivity index (χ3n) is 4.09. The van der Waals surface area contributed by atoms with Crippen LogP contribution in [0.2, 0.25) is 0 Å². The molecule has 2 rings (SSSR count). The highest BCUT2D eigenvalue weighted by Crippen LogP contribution is 2.47. The van der Waals surface area contributed by atoms with Gasteiger partial charge in [-0.3, -0.25) is 4.79 Å². The average Bonchev–Trinajstić information content (AvgIpc) is 2.51. The molecule has 0 spiro atoms. The van der Waals surface area contributed by atoms with E-state index >= 15 is 0 Å². The first-order valence-electron chi connectivity index (χ1n) is 7.23. The Hall–Kier alpha value is -1.73. The Labute approximate surface area is 132 Å². The molecule has 1 N–H and O–H groups in total. The molecule has 0 amide bonds. The van der Waals surface area contributed by atoms with E-state index in [1.807, 2.05) is 25.1 Å². The maximum absolute atomic E-state index is 13.3. The first-order chi connectivity index (χ1) is 10.4. The van der Waals surface area contributed by atoms with E-state index in [1.54, 1.807) is 6.07 Å². The second-order valence-corrected chi connectivity index (χ2v) is 7.52. The SMILES string of the molecule is CCC(C)(Pc1ccc(F)cc1C=O)c1cccc(C)c1O. The van der Waals surface area contributed by atoms with E-state index in [0.29, 0.717) is 17.6 Å². The summed E-state index contributed by atoms with van der Waals surface area (Å²) in [5.41, 5.74) is 2.08. The van der Waals surface area contributed by atoms with Crippen LogP contribution in [0.4, 0.5) is 4.39 Å². The van der Waals surface area contributed by atoms with Crippen molar-refractivity contribution in [1.82, 2.24) is 0 Å². The smallest absolute Gasteiger partial charge is 0.150 e. The maximum Gasteiger partial charge on any atom is 0.150 e. The summed E-state index contributed by atoms with van der Waals surface area (Å²) in [6.45, 7) is 5.99. The minimum atomic E-state index is -0.410. The molecule has 22 heavy (non-hydrogen) atoms. The van der Waals surface area contributed by atoms with Crippen molar-refractivity contribution in [2.24, 2.45) is 0 Å². The summed E-state index contributed by atoms with van der Waals surface area (Å²) in [5.74, 6) is -0.110. The number of hydrogen-bond donors (Lipinski definition) is 1. The number of carbonyl (C=O) groups is 1. The van der Waals surface area contributed by atoms with Crippen molar-refractivity contribution in [2.75, 3.05) is 0 Å². The second-order valence-electron chi connectivity index (χ2n) is 5.63. The molecular weight excluding hydrogens is 298 g/mol. The Balaban J connectivity index is 2.48. The van der Waals surface area contributed by atoms with Gasteiger partial charge in [-0.25, -0.2) is 4.39 Å². The molecular formula is C18H20FO2P. The fraction of sp³-hybridized carbons (Fsp3) is 0.278. The molecule has 2 unspecified atom stereocenters. The number of phenols is 1. The van der Waals surface area contributed by atoms with Crippen molar-refractivity contribution in [3.63, 3.8) is 0 Å². The van der Waals surface area contributed by atoms with Gasteiger partial charge in [-0.15, -0.1) is 0 Å². The molecule has 0 heterocycles. The highest BCUT2D eigenvalue weighted by atomic mass is 31.1. The Bertz CT molecular complexity index is 699. The van der Waals surface area contributed by atoms with Gasteiger partial charge in [0, 0.05) is 16.3 Å². The van der Waals surface area contributed by atoms with Gasteiger partial charge in [-0.1, -0.05) is 46.7 Å². The van der Waals surface area contributed by atoms with E-state index < -0.39 is 5.82 Å². The molecule has 0 bridgehead atoms. The number of benzene rings is 2. The second kappa shape index (κ2) is 6.58. The minimum Gasteiger partial charge on any atom is -0.507 e. The zero-order valence-corrected chi connectivity index (χ0v) is 14.0. The van der Waals surface area contributed by atoms with E-state index in [4.69, 9.17) is 0 Å². The number of aryl methyl sites for hydroxylation is 1. The zero-order chi connectivity index (χ0) is 16.3. The maximum atomic E-state index is 13.3. The third-order valence-corrected chi connectivity index (χ3v) is 5.99. The molecule has 2 aromatic rings. The highest BCUT2D eigenvalue weighted by Gasteiger charge is 2.29. The fourth-order valence-electron chi connectivity index (χ4n) is 2.49. The summed E-state index contributed by atoms with van der Waals surface area (Å²) in [5, 5.41) is 10.9. The Morgan fingerprint density at radius 1 is 1.32 bits per heavy atom. The molecule has 116 valence electrons. The summed E-state index contributed by atoms with van der Waals surface area (Å²) in [7, 11) is 0.263. The van der Waals surface area contributed by atoms with E-state index in [9.17, 15) is 14.3 Å². The number of halogens is 1. The quantitative estimate of drug-likeness (QED) is 0.660. The summed E-state index contributed by atoms with van der Waals surface area (Å²) >= 11 is 0. The minimum absolute atomic E-state index is 0.263. The Morgan fingerprint density at radius 3 is 2.68 bits per heavy atom. The van der Waals surface area contributed by atoms with Crippen LogP contribution in [-0.2, 0) is 5.16 Å². The lowest BCUT2D eigenvalue weighted by molar-refractivity contribution is 0.112. The van der Waals surface area contributed by atoms with Crippen LogP contribution >= 0.6 is 8.58 Å². The summed E-state index contributed by atoms with van der Waals surface area (Å²) in [6, 6.07) is 10.0. The molecule has 4 heteroatoms. The van der Waals surface area contributed by atoms with E-state index in [1.165, 1.54) is 12.1 Å². The monoisotopic (exact) mass is 318 g/mol. The van der Waals surface area contributed by atoms with Crippen LogP contribution in [0.1, 0.15) is 41.8 Å². The average molecular weight is 318 g/mol. The van der Waals surface area contributed by atoms with E-state index in [-0.39, 0.29) is 13.7 Å². The molecule has 0 radical (unpaired) electrons. The number of aldehydes is 1. The van der Waals surface area contributed by atoms with Gasteiger partial charge < -0.3 is 5.11 Å². The molecule has 0 aliphatic heterocycles. The van der Waals surface area contributed by atoms with Crippen molar-refractivity contribution in [3.8, 4) is 5.75 Å². The third kappa shape index (κ3) is 3.20. The van der Waals surface area contributed by atoms with Gasteiger partial charge in [0.15, 0.2) is 6.29 Å². The molecule has 0 fully saturated rings. The number of carbonyl (C=O) groups excluding carboxylic acids is 1. The molecule has 0 aliphatic rings. The normalized spacial score (nSPS) is 14.2. The number of para-hydroxylation sites is 1. The van der Waals surface area contributed by atoms with Crippen molar-refractivity contribution < 1.29 is 14.3 Å². The molecule has 0 aliphatic carbocycles. The number of hydrogen-bond acceptors (Lipinski definition) is 2. The lowest BCUT2D eigenvalue weighted by atomic mass is 9.94. The highest BCUT2D eigenvalue weighted by molar-refractivity contribution is 7.48. The van der Waals surface area contributed by atoms with Gasteiger partial charge in [0.1, 0.15) is 11.6 Å². The summed E-state index contributed by atoms with van der Waals surface area (Å²) in [6.07, 6.45) is 1.50. The standard InChI is InChI=1S/C18H20FO2P/c1-4-18(3,15-7-5-6-12(2)17(15)21)22-16-9-8-14(19)10-13(16)11-20/h5-11,21-22H,4H2,1-3H3. The largest absolute Gasteiger partial charge is 0.507 e. The molecule has 2 atom stereocenters. The van der Waals surface area contributed by atoms with Crippen LogP contribution < -0.4 is 5.30 Å². The van der Waals surface area contributed by atoms with Crippen molar-refractivity contribution in [2.45, 2.75) is 32.3 Å². The first-order valence-corrected chi connectivity index (χ1v) is 8.23. The van der Waals surface area contributed by atoms with E-state index in [0.717, 1.165) is 22.9 Å². The van der Waals surface area contributed by atoms with Gasteiger partial charge in [0.05, 0.1) is 0 Å². The number of phenolic OH excluding ortho intramolecular Hbond substituents is 1. The van der Waals surface area contributed by atoms with Gasteiger partial charge in [0.25, 0.3) is 0 Å². The van der Waals surface area contributed by atoms with Crippen LogP contribution in [0.15, 0.2) is 36.4 Å². The van der Waals surface area contributed by atoms with Crippen LogP contribution in [0, 0.1) is 12.7 Å². The zero-order valence-electron chi connectivity index (χ0n) is 13.0. The molecule has 0 saturated heterocycles. The summed E-state index contributed by atoms with van der Waals surface area (Å²) in [4.78, 5) is 11.2. The van der Waals surface area contributed by atoms with Gasteiger partial charge in [0.2, 0.25) is 0 Å². The predicted octanol–water partition coefficient (Wildman–Crippen LogP) is 4.28. The molecule has 0 aromatic heterocycles. The lowest BCUT2D eigenvalue weighted by Crippen LogP contribution is -2.20. The van der Waals surface area contributed by atoms with Gasteiger partial charge in [-0.2, -0.15) is 0 Å². The van der Waals surface area contributed by atoms with Crippen LogP contribution in [0.3, 0.4) is 0 Å². The molecule has 2 aromatic carbocycles. The van der Waals surface area contributed by atoms with Crippen molar-refractivity contribution in [1.29, 1.82) is 0 Å². The molecule has 0 saturated carbocycles. The topological polar surface area (TPSA) is 37.3 Å². The van der Waals surface area contributed by atoms with Crippen LogP contribution in [0.5, 0.6) is 5.75 Å². The Kier molecular flexibility index (Phi) is 4.97. The van der Waals surface area contributed by atoms with Crippen LogP contribution in [0.25, 0.3) is 0 Å². The van der Waals surface area contributed by atoms with E-state index in [2.05, 4.69) is 13.8 Å². The molecule has 2 nitrogen and oxygen atoms in total. The van der Waals surface area contributed by atoms with Gasteiger partial charge >= 0.3 is 0 Å². The fourth-order valence-corrected chi connectivity index (χ4v) is 4.04. The van der Waals surface area contributed by atoms with Gasteiger partial charge in [-0.05, 0) is 36.3 Å². The first kappa shape index (κ1) is 16.6. The predicted molar refractivity (Wildman–Crippen MR) is 90.2 cm³/mol. The van der Waals surface area contributed by atoms with Crippen molar-refractivity contribution in [3.05, 3.63) is 58.9 Å².